The number of Topliss-reactive ketones (excluding diaryl/α,β-unsaturated/α-hetero) is 1. The second kappa shape index (κ2) is 3.59. The number of carbonyl (C=O) groups excluding carboxylic acids is 1. The van der Waals surface area contributed by atoms with E-state index in [1.54, 1.807) is 0 Å². The molecule has 0 N–H and O–H groups in total. The minimum Gasteiger partial charge on any atom is -0.299 e. The maximum atomic E-state index is 11.7. The summed E-state index contributed by atoms with van der Waals surface area (Å²) in [7, 11) is 0. The first-order valence-corrected chi connectivity index (χ1v) is 5.05. The Balaban J connectivity index is 2.67. The van der Waals surface area contributed by atoms with Crippen LogP contribution in [0.1, 0.15) is 40.5 Å². The Morgan fingerprint density at radius 2 is 1.92 bits per heavy atom. The van der Waals surface area contributed by atoms with Crippen LogP contribution < -0.4 is 0 Å². The van der Waals surface area contributed by atoms with Crippen LogP contribution in [-0.4, -0.2) is 5.78 Å². The average Bonchev–Trinajstić information content (AvgIpc) is 1.82. The Bertz CT molecular complexity index is 172. The third-order valence-electron chi connectivity index (χ3n) is 3.03. The van der Waals surface area contributed by atoms with Crippen LogP contribution in [0.15, 0.2) is 0 Å². The van der Waals surface area contributed by atoms with Crippen molar-refractivity contribution in [2.75, 3.05) is 0 Å². The van der Waals surface area contributed by atoms with Gasteiger partial charge < -0.3 is 0 Å². The predicted octanol–water partition coefficient (Wildman–Crippen LogP) is 2.89. The van der Waals surface area contributed by atoms with Gasteiger partial charge in [0.25, 0.3) is 0 Å². The molecule has 1 fully saturated rings. The fourth-order valence-electron chi connectivity index (χ4n) is 2.69. The SMILES string of the molecule is CC1CC(=O)C(C(C)C)C(C)C1. The Kier molecular flexibility index (Phi) is 2.92. The Labute approximate surface area is 75.5 Å². The summed E-state index contributed by atoms with van der Waals surface area (Å²) in [5.41, 5.74) is 0. The molecule has 0 aliphatic heterocycles. The summed E-state index contributed by atoms with van der Waals surface area (Å²) in [6.45, 7) is 8.73. The lowest BCUT2D eigenvalue weighted by atomic mass is 9.70. The van der Waals surface area contributed by atoms with Crippen LogP contribution in [-0.2, 0) is 4.79 Å². The fraction of sp³-hybridized carbons (Fsp3) is 0.909. The minimum atomic E-state index is 0.334. The van der Waals surface area contributed by atoms with Crippen molar-refractivity contribution in [1.82, 2.24) is 0 Å². The molecule has 0 amide bonds. The van der Waals surface area contributed by atoms with Crippen LogP contribution in [0.2, 0.25) is 0 Å². The van der Waals surface area contributed by atoms with Gasteiger partial charge in [0, 0.05) is 12.3 Å². The molecule has 1 saturated carbocycles. The van der Waals surface area contributed by atoms with Crippen molar-refractivity contribution in [2.45, 2.75) is 40.5 Å². The maximum absolute atomic E-state index is 11.7. The van der Waals surface area contributed by atoms with E-state index >= 15 is 0 Å². The maximum Gasteiger partial charge on any atom is 0.136 e. The van der Waals surface area contributed by atoms with Gasteiger partial charge in [-0.05, 0) is 24.2 Å². The minimum absolute atomic E-state index is 0.334. The molecule has 1 nitrogen and oxygen atoms in total. The number of hydrogen-bond donors (Lipinski definition) is 0. The lowest BCUT2D eigenvalue weighted by Gasteiger charge is -2.33. The molecule has 0 aromatic carbocycles. The van der Waals surface area contributed by atoms with Gasteiger partial charge in [-0.15, -0.1) is 0 Å². The van der Waals surface area contributed by atoms with Gasteiger partial charge in [-0.25, -0.2) is 0 Å². The highest BCUT2D eigenvalue weighted by molar-refractivity contribution is 5.82. The Morgan fingerprint density at radius 3 is 2.33 bits per heavy atom. The van der Waals surface area contributed by atoms with E-state index in [1.165, 1.54) is 6.42 Å². The first kappa shape index (κ1) is 9.76. The number of hydrogen-bond acceptors (Lipinski definition) is 1. The van der Waals surface area contributed by atoms with Crippen LogP contribution in [0.5, 0.6) is 0 Å². The third kappa shape index (κ3) is 1.88. The van der Waals surface area contributed by atoms with E-state index in [4.69, 9.17) is 0 Å². The summed E-state index contributed by atoms with van der Waals surface area (Å²) in [6, 6.07) is 0. The van der Waals surface area contributed by atoms with Crippen molar-refractivity contribution >= 4 is 5.78 Å². The summed E-state index contributed by atoms with van der Waals surface area (Å²) in [4.78, 5) is 11.7. The topological polar surface area (TPSA) is 17.1 Å². The lowest BCUT2D eigenvalue weighted by Crippen LogP contribution is -2.34. The monoisotopic (exact) mass is 168 g/mol. The average molecular weight is 168 g/mol. The lowest BCUT2D eigenvalue weighted by molar-refractivity contribution is -0.129. The summed E-state index contributed by atoms with van der Waals surface area (Å²) in [5.74, 6) is 2.57. The highest BCUT2D eigenvalue weighted by atomic mass is 16.1. The predicted molar refractivity (Wildman–Crippen MR) is 50.9 cm³/mol. The molecule has 0 radical (unpaired) electrons. The molecule has 1 aliphatic carbocycles. The van der Waals surface area contributed by atoms with Crippen molar-refractivity contribution in [3.63, 3.8) is 0 Å². The van der Waals surface area contributed by atoms with Crippen LogP contribution in [0.25, 0.3) is 0 Å². The van der Waals surface area contributed by atoms with E-state index in [2.05, 4.69) is 27.7 Å². The van der Waals surface area contributed by atoms with Gasteiger partial charge >= 0.3 is 0 Å². The van der Waals surface area contributed by atoms with Gasteiger partial charge in [0.2, 0.25) is 0 Å². The van der Waals surface area contributed by atoms with E-state index in [0.29, 0.717) is 29.5 Å². The van der Waals surface area contributed by atoms with Crippen molar-refractivity contribution in [1.29, 1.82) is 0 Å². The zero-order valence-corrected chi connectivity index (χ0v) is 8.63. The summed E-state index contributed by atoms with van der Waals surface area (Å²) >= 11 is 0. The molecule has 0 aromatic rings. The van der Waals surface area contributed by atoms with Gasteiger partial charge in [0.1, 0.15) is 5.78 Å². The number of rotatable bonds is 1. The van der Waals surface area contributed by atoms with Gasteiger partial charge in [-0.3, -0.25) is 4.79 Å². The highest BCUT2D eigenvalue weighted by Gasteiger charge is 2.33. The zero-order valence-electron chi connectivity index (χ0n) is 8.63. The van der Waals surface area contributed by atoms with Crippen molar-refractivity contribution in [3.8, 4) is 0 Å². The molecule has 1 aliphatic rings. The van der Waals surface area contributed by atoms with Crippen LogP contribution in [0.3, 0.4) is 0 Å². The Morgan fingerprint density at radius 1 is 1.33 bits per heavy atom. The molecule has 0 bridgehead atoms. The number of ketones is 1. The summed E-state index contributed by atoms with van der Waals surface area (Å²) < 4.78 is 0. The second-order valence-electron chi connectivity index (χ2n) is 4.76. The molecular weight excluding hydrogens is 148 g/mol. The molecule has 1 rings (SSSR count). The van der Waals surface area contributed by atoms with Gasteiger partial charge in [-0.2, -0.15) is 0 Å². The summed E-state index contributed by atoms with van der Waals surface area (Å²) in [5, 5.41) is 0. The highest BCUT2D eigenvalue weighted by Crippen LogP contribution is 2.34. The first-order chi connectivity index (χ1) is 5.52. The van der Waals surface area contributed by atoms with E-state index in [-0.39, 0.29) is 0 Å². The Hall–Kier alpha value is -0.330. The van der Waals surface area contributed by atoms with Crippen molar-refractivity contribution in [3.05, 3.63) is 0 Å². The van der Waals surface area contributed by atoms with E-state index in [0.717, 1.165) is 6.42 Å². The van der Waals surface area contributed by atoms with Gasteiger partial charge in [-0.1, -0.05) is 27.7 Å². The summed E-state index contributed by atoms with van der Waals surface area (Å²) in [6.07, 6.45) is 2.04. The van der Waals surface area contributed by atoms with Crippen molar-refractivity contribution < 1.29 is 4.79 Å². The molecule has 0 aromatic heterocycles. The van der Waals surface area contributed by atoms with Crippen molar-refractivity contribution in [2.24, 2.45) is 23.7 Å². The molecule has 0 saturated heterocycles. The first-order valence-electron chi connectivity index (χ1n) is 5.05. The smallest absolute Gasteiger partial charge is 0.136 e. The van der Waals surface area contributed by atoms with Gasteiger partial charge in [0.15, 0.2) is 0 Å². The van der Waals surface area contributed by atoms with Crippen LogP contribution in [0, 0.1) is 23.7 Å². The van der Waals surface area contributed by atoms with Gasteiger partial charge in [0.05, 0.1) is 0 Å². The zero-order chi connectivity index (χ0) is 9.30. The molecule has 3 atom stereocenters. The van der Waals surface area contributed by atoms with E-state index < -0.39 is 0 Å². The molecule has 1 heteroatoms. The molecule has 0 spiro atoms. The third-order valence-corrected chi connectivity index (χ3v) is 3.03. The standard InChI is InChI=1S/C11H20O/c1-7(2)11-9(4)5-8(3)6-10(11)12/h7-9,11H,5-6H2,1-4H3. The normalized spacial score (nSPS) is 37.4. The largest absolute Gasteiger partial charge is 0.299 e. The fourth-order valence-corrected chi connectivity index (χ4v) is 2.69. The second-order valence-corrected chi connectivity index (χ2v) is 4.76. The van der Waals surface area contributed by atoms with Crippen LogP contribution >= 0.6 is 0 Å². The van der Waals surface area contributed by atoms with E-state index in [9.17, 15) is 4.79 Å². The number of carbonyl (C=O) groups is 1. The molecule has 70 valence electrons. The molecule has 0 heterocycles. The quantitative estimate of drug-likeness (QED) is 0.588. The van der Waals surface area contributed by atoms with E-state index in [1.807, 2.05) is 0 Å². The molecular formula is C11H20O. The molecule has 12 heavy (non-hydrogen) atoms. The van der Waals surface area contributed by atoms with Crippen LogP contribution in [0.4, 0.5) is 0 Å². The molecule has 3 unspecified atom stereocenters.